The molecule has 30 heavy (non-hydrogen) atoms. The van der Waals surface area contributed by atoms with Gasteiger partial charge in [-0.2, -0.15) is 18.4 Å². The smallest absolute Gasteiger partial charge is 0.349 e. The molecule has 0 aromatic carbocycles. The summed E-state index contributed by atoms with van der Waals surface area (Å²) in [5, 5.41) is 16.7. The SMILES string of the molecule is CC(c1ccc(CC(=O)N2CCN(c3ccc(C#N)nn3)[C@H](C)C2)cn1)C(F)(F)F. The molecule has 10 heteroatoms. The van der Waals surface area contributed by atoms with Crippen LogP contribution >= 0.6 is 0 Å². The van der Waals surface area contributed by atoms with Crippen molar-refractivity contribution in [3.8, 4) is 6.07 Å². The Morgan fingerprint density at radius 1 is 1.27 bits per heavy atom. The third-order valence-corrected chi connectivity index (χ3v) is 5.18. The molecule has 1 saturated heterocycles. The number of piperazine rings is 1. The van der Waals surface area contributed by atoms with Gasteiger partial charge in [-0.1, -0.05) is 6.07 Å². The zero-order chi connectivity index (χ0) is 21.9. The van der Waals surface area contributed by atoms with Crippen molar-refractivity contribution < 1.29 is 18.0 Å². The summed E-state index contributed by atoms with van der Waals surface area (Å²) in [5.74, 6) is -1.11. The lowest BCUT2D eigenvalue weighted by atomic mass is 10.1. The lowest BCUT2D eigenvalue weighted by Gasteiger charge is -2.40. The van der Waals surface area contributed by atoms with Crippen LogP contribution in [0.1, 0.15) is 36.7 Å². The summed E-state index contributed by atoms with van der Waals surface area (Å²) in [6.45, 7) is 4.56. The van der Waals surface area contributed by atoms with E-state index in [4.69, 9.17) is 5.26 Å². The fourth-order valence-electron chi connectivity index (χ4n) is 3.31. The topological polar surface area (TPSA) is 86.0 Å². The van der Waals surface area contributed by atoms with E-state index < -0.39 is 12.1 Å². The Hall–Kier alpha value is -3.22. The van der Waals surface area contributed by atoms with E-state index in [-0.39, 0.29) is 29.8 Å². The molecule has 0 saturated carbocycles. The molecule has 0 radical (unpaired) electrons. The van der Waals surface area contributed by atoms with Crippen LogP contribution in [-0.2, 0) is 11.2 Å². The molecule has 1 fully saturated rings. The average molecular weight is 418 g/mol. The van der Waals surface area contributed by atoms with E-state index in [1.807, 2.05) is 17.9 Å². The van der Waals surface area contributed by atoms with Crippen molar-refractivity contribution >= 4 is 11.7 Å². The monoisotopic (exact) mass is 418 g/mol. The third-order valence-electron chi connectivity index (χ3n) is 5.18. The number of halogens is 3. The number of aromatic nitrogens is 3. The molecule has 158 valence electrons. The van der Waals surface area contributed by atoms with Crippen molar-refractivity contribution in [1.29, 1.82) is 5.26 Å². The summed E-state index contributed by atoms with van der Waals surface area (Å²) in [6.07, 6.45) is -2.93. The Morgan fingerprint density at radius 3 is 2.57 bits per heavy atom. The molecule has 2 aromatic rings. The van der Waals surface area contributed by atoms with E-state index in [0.717, 1.165) is 6.92 Å². The van der Waals surface area contributed by atoms with E-state index >= 15 is 0 Å². The lowest BCUT2D eigenvalue weighted by molar-refractivity contribution is -0.147. The number of carbonyl (C=O) groups excluding carboxylic acids is 1. The predicted octanol–water partition coefficient (Wildman–Crippen LogP) is 2.69. The van der Waals surface area contributed by atoms with Crippen molar-refractivity contribution in [1.82, 2.24) is 20.1 Å². The molecule has 3 heterocycles. The minimum absolute atomic E-state index is 0.00179. The van der Waals surface area contributed by atoms with Gasteiger partial charge in [0.05, 0.1) is 18.0 Å². The molecule has 2 atom stereocenters. The van der Waals surface area contributed by atoms with Crippen LogP contribution in [0.3, 0.4) is 0 Å². The first-order valence-electron chi connectivity index (χ1n) is 9.49. The number of rotatable bonds is 4. The third kappa shape index (κ3) is 4.84. The van der Waals surface area contributed by atoms with Gasteiger partial charge in [-0.25, -0.2) is 0 Å². The summed E-state index contributed by atoms with van der Waals surface area (Å²) in [5.41, 5.74) is 0.750. The zero-order valence-corrected chi connectivity index (χ0v) is 16.6. The Kier molecular flexibility index (Phi) is 6.20. The highest BCUT2D eigenvalue weighted by Gasteiger charge is 2.38. The molecule has 7 nitrogen and oxygen atoms in total. The molecule has 0 N–H and O–H groups in total. The number of nitriles is 1. The summed E-state index contributed by atoms with van der Waals surface area (Å²) in [4.78, 5) is 20.3. The number of carbonyl (C=O) groups is 1. The maximum Gasteiger partial charge on any atom is 0.396 e. The molecule has 1 aliphatic heterocycles. The van der Waals surface area contributed by atoms with Crippen LogP contribution in [-0.4, -0.2) is 57.8 Å². The molecule has 0 aliphatic carbocycles. The second kappa shape index (κ2) is 8.65. The van der Waals surface area contributed by atoms with Gasteiger partial charge < -0.3 is 9.80 Å². The quantitative estimate of drug-likeness (QED) is 0.759. The van der Waals surface area contributed by atoms with Gasteiger partial charge in [0.2, 0.25) is 5.91 Å². The standard InChI is InChI=1S/C20H21F3N6O/c1-13-12-28(7-8-29(13)18-6-4-16(10-24)26-27-18)19(30)9-15-3-5-17(25-11-15)14(2)20(21,22)23/h3-6,11,13-14H,7-9,12H2,1-2H3/t13-,14?/m1/s1. The van der Waals surface area contributed by atoms with Crippen LogP contribution < -0.4 is 4.90 Å². The highest BCUT2D eigenvalue weighted by Crippen LogP contribution is 2.33. The first kappa shape index (κ1) is 21.5. The zero-order valence-electron chi connectivity index (χ0n) is 16.6. The highest BCUT2D eigenvalue weighted by molar-refractivity contribution is 5.79. The Labute approximate surface area is 172 Å². The van der Waals surface area contributed by atoms with Crippen molar-refractivity contribution in [3.05, 3.63) is 47.4 Å². The summed E-state index contributed by atoms with van der Waals surface area (Å²) in [7, 11) is 0. The van der Waals surface area contributed by atoms with Gasteiger partial charge in [-0.3, -0.25) is 9.78 Å². The normalized spacial score (nSPS) is 18.1. The molecule has 0 spiro atoms. The second-order valence-electron chi connectivity index (χ2n) is 7.30. The fraction of sp³-hybridized carbons (Fsp3) is 0.450. The molecule has 0 bridgehead atoms. The number of alkyl halides is 3. The number of pyridine rings is 1. The molecular weight excluding hydrogens is 397 g/mol. The fourth-order valence-corrected chi connectivity index (χ4v) is 3.31. The van der Waals surface area contributed by atoms with Crippen LogP contribution in [0.25, 0.3) is 0 Å². The Balaban J connectivity index is 1.59. The lowest BCUT2D eigenvalue weighted by Crippen LogP contribution is -2.54. The molecular formula is C20H21F3N6O. The van der Waals surface area contributed by atoms with Crippen LogP contribution in [0.4, 0.5) is 19.0 Å². The predicted molar refractivity (Wildman–Crippen MR) is 103 cm³/mol. The van der Waals surface area contributed by atoms with Crippen molar-refractivity contribution in [2.24, 2.45) is 0 Å². The van der Waals surface area contributed by atoms with Crippen molar-refractivity contribution in [2.45, 2.75) is 38.4 Å². The number of hydrogen-bond acceptors (Lipinski definition) is 6. The first-order valence-corrected chi connectivity index (χ1v) is 9.49. The van der Waals surface area contributed by atoms with E-state index in [9.17, 15) is 18.0 Å². The van der Waals surface area contributed by atoms with E-state index in [0.29, 0.717) is 31.0 Å². The summed E-state index contributed by atoms with van der Waals surface area (Å²) < 4.78 is 38.4. The van der Waals surface area contributed by atoms with Gasteiger partial charge in [0.1, 0.15) is 6.07 Å². The summed E-state index contributed by atoms with van der Waals surface area (Å²) in [6, 6.07) is 8.10. The van der Waals surface area contributed by atoms with E-state index in [1.165, 1.54) is 18.3 Å². The maximum absolute atomic E-state index is 12.8. The largest absolute Gasteiger partial charge is 0.396 e. The van der Waals surface area contributed by atoms with Crippen LogP contribution in [0, 0.1) is 11.3 Å². The minimum Gasteiger partial charge on any atom is -0.349 e. The number of anilines is 1. The number of amides is 1. The van der Waals surface area contributed by atoms with Gasteiger partial charge in [-0.05, 0) is 37.6 Å². The highest BCUT2D eigenvalue weighted by atomic mass is 19.4. The minimum atomic E-state index is -4.35. The van der Waals surface area contributed by atoms with Gasteiger partial charge in [0.15, 0.2) is 11.5 Å². The van der Waals surface area contributed by atoms with Crippen LogP contribution in [0.2, 0.25) is 0 Å². The average Bonchev–Trinajstić information content (AvgIpc) is 2.73. The molecule has 1 unspecified atom stereocenters. The Bertz CT molecular complexity index is 924. The van der Waals surface area contributed by atoms with Gasteiger partial charge in [0, 0.05) is 31.9 Å². The number of hydrogen-bond donors (Lipinski definition) is 0. The molecule has 1 aliphatic rings. The van der Waals surface area contributed by atoms with Crippen molar-refractivity contribution in [2.75, 3.05) is 24.5 Å². The molecule has 1 amide bonds. The number of nitrogens with zero attached hydrogens (tertiary/aromatic N) is 6. The van der Waals surface area contributed by atoms with Crippen LogP contribution in [0.5, 0.6) is 0 Å². The Morgan fingerprint density at radius 2 is 2.03 bits per heavy atom. The maximum atomic E-state index is 12.8. The van der Waals surface area contributed by atoms with Crippen LogP contribution in [0.15, 0.2) is 30.5 Å². The first-order chi connectivity index (χ1) is 14.2. The van der Waals surface area contributed by atoms with Gasteiger partial charge in [0.25, 0.3) is 0 Å². The van der Waals surface area contributed by atoms with Gasteiger partial charge >= 0.3 is 6.18 Å². The van der Waals surface area contributed by atoms with E-state index in [2.05, 4.69) is 15.2 Å². The second-order valence-corrected chi connectivity index (χ2v) is 7.30. The van der Waals surface area contributed by atoms with Gasteiger partial charge in [-0.15, -0.1) is 10.2 Å². The summed E-state index contributed by atoms with van der Waals surface area (Å²) >= 11 is 0. The molecule has 2 aromatic heterocycles. The van der Waals surface area contributed by atoms with Crippen molar-refractivity contribution in [3.63, 3.8) is 0 Å². The van der Waals surface area contributed by atoms with E-state index in [1.54, 1.807) is 17.0 Å². The molecule has 3 rings (SSSR count).